The summed E-state index contributed by atoms with van der Waals surface area (Å²) in [4.78, 5) is 4.43. The highest BCUT2D eigenvalue weighted by atomic mass is 35.5. The first-order valence-electron chi connectivity index (χ1n) is 6.02. The summed E-state index contributed by atoms with van der Waals surface area (Å²) in [6.45, 7) is 1.94. The molecule has 1 atom stereocenters. The summed E-state index contributed by atoms with van der Waals surface area (Å²) in [5.74, 6) is 0.506. The Balaban J connectivity index is 2.09. The molecular formula is C15H13ClN2O. The molecule has 4 heteroatoms. The summed E-state index contributed by atoms with van der Waals surface area (Å²) in [6, 6.07) is 13.0. The number of nitrogens with two attached hydrogens (primary N) is 1. The Morgan fingerprint density at radius 3 is 2.68 bits per heavy atom. The minimum Gasteiger partial charge on any atom is -0.438 e. The number of rotatable bonds is 2. The number of oxazole rings is 1. The van der Waals surface area contributed by atoms with Crippen molar-refractivity contribution in [3.63, 3.8) is 0 Å². The number of nitrogens with zero attached hydrogens (tertiary/aromatic N) is 1. The smallest absolute Gasteiger partial charge is 0.217 e. The molecular weight excluding hydrogens is 260 g/mol. The van der Waals surface area contributed by atoms with E-state index in [1.807, 2.05) is 43.3 Å². The third-order valence-electron chi connectivity index (χ3n) is 3.08. The lowest BCUT2D eigenvalue weighted by molar-refractivity contribution is 0.503. The fraction of sp³-hybridized carbons (Fsp3) is 0.133. The summed E-state index contributed by atoms with van der Waals surface area (Å²) < 4.78 is 5.78. The van der Waals surface area contributed by atoms with Crippen LogP contribution in [0.4, 0.5) is 0 Å². The molecule has 3 nitrogen and oxygen atoms in total. The van der Waals surface area contributed by atoms with E-state index in [9.17, 15) is 0 Å². The molecule has 0 amide bonds. The van der Waals surface area contributed by atoms with E-state index in [0.29, 0.717) is 10.9 Å². The zero-order valence-electron chi connectivity index (χ0n) is 10.4. The van der Waals surface area contributed by atoms with Crippen LogP contribution >= 0.6 is 11.6 Å². The van der Waals surface area contributed by atoms with Crippen LogP contribution in [0, 0.1) is 6.92 Å². The van der Waals surface area contributed by atoms with Crippen LogP contribution in [0.2, 0.25) is 5.02 Å². The van der Waals surface area contributed by atoms with E-state index < -0.39 is 0 Å². The highest BCUT2D eigenvalue weighted by molar-refractivity contribution is 6.31. The van der Waals surface area contributed by atoms with Crippen LogP contribution < -0.4 is 5.73 Å². The van der Waals surface area contributed by atoms with Crippen molar-refractivity contribution in [3.8, 4) is 0 Å². The molecule has 0 bridgehead atoms. The van der Waals surface area contributed by atoms with Crippen LogP contribution in [0.25, 0.3) is 11.1 Å². The summed E-state index contributed by atoms with van der Waals surface area (Å²) in [5.41, 5.74) is 9.59. The molecule has 0 radical (unpaired) electrons. The molecule has 1 unspecified atom stereocenters. The lowest BCUT2D eigenvalue weighted by Gasteiger charge is -2.06. The van der Waals surface area contributed by atoms with Crippen molar-refractivity contribution in [1.29, 1.82) is 0 Å². The largest absolute Gasteiger partial charge is 0.438 e. The third kappa shape index (κ3) is 2.23. The van der Waals surface area contributed by atoms with Gasteiger partial charge in [-0.15, -0.1) is 0 Å². The summed E-state index contributed by atoms with van der Waals surface area (Å²) in [6.07, 6.45) is 0. The molecule has 0 aliphatic heterocycles. The molecule has 3 aromatic rings. The topological polar surface area (TPSA) is 52.0 Å². The lowest BCUT2D eigenvalue weighted by atomic mass is 10.1. The molecule has 2 N–H and O–H groups in total. The Hall–Kier alpha value is -1.84. The van der Waals surface area contributed by atoms with Gasteiger partial charge in [-0.2, -0.15) is 0 Å². The number of benzene rings is 2. The van der Waals surface area contributed by atoms with E-state index in [1.165, 1.54) is 0 Å². The molecule has 96 valence electrons. The van der Waals surface area contributed by atoms with Crippen molar-refractivity contribution in [2.24, 2.45) is 5.73 Å². The molecule has 19 heavy (non-hydrogen) atoms. The quantitative estimate of drug-likeness (QED) is 0.771. The third-order valence-corrected chi connectivity index (χ3v) is 3.30. The average molecular weight is 273 g/mol. The average Bonchev–Trinajstić information content (AvgIpc) is 2.83. The van der Waals surface area contributed by atoms with Crippen molar-refractivity contribution in [3.05, 3.63) is 64.5 Å². The minimum atomic E-state index is -0.369. The zero-order valence-corrected chi connectivity index (χ0v) is 11.2. The molecule has 0 saturated heterocycles. The summed E-state index contributed by atoms with van der Waals surface area (Å²) >= 11 is 6.02. The van der Waals surface area contributed by atoms with Gasteiger partial charge in [-0.25, -0.2) is 4.98 Å². The Morgan fingerprint density at radius 2 is 1.95 bits per heavy atom. The predicted molar refractivity (Wildman–Crippen MR) is 76.2 cm³/mol. The number of aromatic nitrogens is 1. The SMILES string of the molecule is Cc1cc(Cl)cc2nc(C(N)c3ccccc3)oc12. The number of hydrogen-bond donors (Lipinski definition) is 1. The Bertz CT molecular complexity index is 722. The van der Waals surface area contributed by atoms with Crippen molar-refractivity contribution in [2.75, 3.05) is 0 Å². The van der Waals surface area contributed by atoms with Crippen molar-refractivity contribution in [2.45, 2.75) is 13.0 Å². The highest BCUT2D eigenvalue weighted by Gasteiger charge is 2.17. The molecule has 0 fully saturated rings. The van der Waals surface area contributed by atoms with Crippen molar-refractivity contribution >= 4 is 22.7 Å². The van der Waals surface area contributed by atoms with Gasteiger partial charge in [0, 0.05) is 5.02 Å². The van der Waals surface area contributed by atoms with Crippen LogP contribution in [0.1, 0.15) is 23.1 Å². The zero-order chi connectivity index (χ0) is 13.4. The van der Waals surface area contributed by atoms with E-state index in [-0.39, 0.29) is 6.04 Å². The molecule has 2 aromatic carbocycles. The molecule has 1 heterocycles. The van der Waals surface area contributed by atoms with Crippen LogP contribution in [-0.2, 0) is 0 Å². The first-order chi connectivity index (χ1) is 9.15. The van der Waals surface area contributed by atoms with Crippen LogP contribution in [0.5, 0.6) is 0 Å². The number of hydrogen-bond acceptors (Lipinski definition) is 3. The number of fused-ring (bicyclic) bond motifs is 1. The maximum atomic E-state index is 6.18. The van der Waals surface area contributed by atoms with Crippen LogP contribution in [-0.4, -0.2) is 4.98 Å². The number of aryl methyl sites for hydroxylation is 1. The fourth-order valence-corrected chi connectivity index (χ4v) is 2.38. The van der Waals surface area contributed by atoms with Crippen LogP contribution in [0.15, 0.2) is 46.9 Å². The Kier molecular flexibility index (Phi) is 3.01. The van der Waals surface area contributed by atoms with Crippen molar-refractivity contribution < 1.29 is 4.42 Å². The monoisotopic (exact) mass is 272 g/mol. The van der Waals surface area contributed by atoms with Gasteiger partial charge in [0.25, 0.3) is 0 Å². The molecule has 0 aliphatic rings. The lowest BCUT2D eigenvalue weighted by Crippen LogP contribution is -2.11. The maximum Gasteiger partial charge on any atom is 0.217 e. The molecule has 0 saturated carbocycles. The highest BCUT2D eigenvalue weighted by Crippen LogP contribution is 2.27. The first kappa shape index (κ1) is 12.2. The predicted octanol–water partition coefficient (Wildman–Crippen LogP) is 3.84. The second-order valence-corrected chi connectivity index (χ2v) is 4.95. The normalized spacial score (nSPS) is 12.8. The molecule has 1 aromatic heterocycles. The van der Waals surface area contributed by atoms with E-state index in [4.69, 9.17) is 21.8 Å². The maximum absolute atomic E-state index is 6.18. The van der Waals surface area contributed by atoms with Gasteiger partial charge in [0.05, 0.1) is 0 Å². The van der Waals surface area contributed by atoms with Crippen LogP contribution in [0.3, 0.4) is 0 Å². The van der Waals surface area contributed by atoms with Crippen molar-refractivity contribution in [1.82, 2.24) is 4.98 Å². The second-order valence-electron chi connectivity index (χ2n) is 4.51. The molecule has 0 aliphatic carbocycles. The van der Waals surface area contributed by atoms with Gasteiger partial charge in [-0.05, 0) is 30.2 Å². The van der Waals surface area contributed by atoms with Gasteiger partial charge in [0.2, 0.25) is 5.89 Å². The molecule has 0 spiro atoms. The van der Waals surface area contributed by atoms with Gasteiger partial charge in [-0.3, -0.25) is 0 Å². The van der Waals surface area contributed by atoms with Gasteiger partial charge in [-0.1, -0.05) is 41.9 Å². The van der Waals surface area contributed by atoms with E-state index in [2.05, 4.69) is 4.98 Å². The summed E-state index contributed by atoms with van der Waals surface area (Å²) in [7, 11) is 0. The fourth-order valence-electron chi connectivity index (χ4n) is 2.11. The summed E-state index contributed by atoms with van der Waals surface area (Å²) in [5, 5.41) is 0.651. The minimum absolute atomic E-state index is 0.369. The standard InChI is InChI=1S/C15H13ClN2O/c1-9-7-11(16)8-12-14(9)19-15(18-12)13(17)10-5-3-2-4-6-10/h2-8,13H,17H2,1H3. The van der Waals surface area contributed by atoms with E-state index >= 15 is 0 Å². The first-order valence-corrected chi connectivity index (χ1v) is 6.40. The van der Waals surface area contributed by atoms with Gasteiger partial charge < -0.3 is 10.2 Å². The van der Waals surface area contributed by atoms with E-state index in [0.717, 1.165) is 22.2 Å². The van der Waals surface area contributed by atoms with E-state index in [1.54, 1.807) is 6.07 Å². The second kappa shape index (κ2) is 4.68. The number of halogens is 1. The molecule has 3 rings (SSSR count). The Morgan fingerprint density at radius 1 is 1.21 bits per heavy atom. The van der Waals surface area contributed by atoms with Gasteiger partial charge in [0.1, 0.15) is 11.6 Å². The van der Waals surface area contributed by atoms with Gasteiger partial charge >= 0.3 is 0 Å². The van der Waals surface area contributed by atoms with Gasteiger partial charge in [0.15, 0.2) is 5.58 Å². The Labute approximate surface area is 116 Å².